The second kappa shape index (κ2) is 10.1. The predicted octanol–water partition coefficient (Wildman–Crippen LogP) is 3.54. The Morgan fingerprint density at radius 3 is 2.14 bits per heavy atom. The smallest absolute Gasteiger partial charge is 0.260 e. The highest BCUT2D eigenvalue weighted by atomic mass is 16.5. The second-order valence-electron chi connectivity index (χ2n) is 5.15. The lowest BCUT2D eigenvalue weighted by molar-refractivity contribution is -0.133. The molecule has 1 rings (SSSR count). The summed E-state index contributed by atoms with van der Waals surface area (Å²) in [6, 6.07) is 7.63. The fraction of sp³-hybridized carbons (Fsp3) is 0.588. The van der Waals surface area contributed by atoms with E-state index in [0.717, 1.165) is 50.2 Å². The van der Waals surface area contributed by atoms with Gasteiger partial charge in [-0.25, -0.2) is 0 Å². The fourth-order valence-corrected chi connectivity index (χ4v) is 2.01. The Balaban J connectivity index is 2.46. The van der Waals surface area contributed by atoms with Gasteiger partial charge in [0.15, 0.2) is 6.61 Å². The lowest BCUT2D eigenvalue weighted by Crippen LogP contribution is -2.36. The number of benzene rings is 1. The molecule has 0 bridgehead atoms. The molecule has 0 unspecified atom stereocenters. The largest absolute Gasteiger partial charge is 0.484 e. The van der Waals surface area contributed by atoms with E-state index < -0.39 is 0 Å². The molecule has 0 aliphatic rings. The molecule has 0 spiro atoms. The molecule has 1 aromatic rings. The number of amides is 1. The molecule has 0 aliphatic carbocycles. The van der Waals surface area contributed by atoms with Gasteiger partial charge in [-0.05, 0) is 37.1 Å². The van der Waals surface area contributed by atoms with Gasteiger partial charge < -0.3 is 15.0 Å². The zero-order chi connectivity index (χ0) is 15.5. The Morgan fingerprint density at radius 1 is 1.10 bits per heavy atom. The number of hydrogen-bond acceptors (Lipinski definition) is 3. The van der Waals surface area contributed by atoms with Crippen LogP contribution in [0.2, 0.25) is 0 Å². The van der Waals surface area contributed by atoms with Gasteiger partial charge in [0.05, 0.1) is 0 Å². The van der Waals surface area contributed by atoms with E-state index in [2.05, 4.69) is 19.2 Å². The maximum absolute atomic E-state index is 12.2. The first kappa shape index (κ1) is 17.3. The van der Waals surface area contributed by atoms with Gasteiger partial charge in [0.1, 0.15) is 5.75 Å². The molecule has 0 heterocycles. The molecule has 0 radical (unpaired) electrons. The van der Waals surface area contributed by atoms with Gasteiger partial charge in [0.2, 0.25) is 0 Å². The van der Waals surface area contributed by atoms with Gasteiger partial charge in [0.25, 0.3) is 5.91 Å². The van der Waals surface area contributed by atoms with Gasteiger partial charge in [-0.1, -0.05) is 26.7 Å². The Hall–Kier alpha value is -1.71. The quantitative estimate of drug-likeness (QED) is 0.717. The van der Waals surface area contributed by atoms with Crippen molar-refractivity contribution in [2.45, 2.75) is 39.5 Å². The number of anilines is 1. The van der Waals surface area contributed by atoms with Crippen LogP contribution in [0.25, 0.3) is 0 Å². The van der Waals surface area contributed by atoms with Crippen LogP contribution in [0.1, 0.15) is 39.5 Å². The van der Waals surface area contributed by atoms with E-state index in [4.69, 9.17) is 4.74 Å². The molecule has 21 heavy (non-hydrogen) atoms. The van der Waals surface area contributed by atoms with Crippen molar-refractivity contribution >= 4 is 11.6 Å². The van der Waals surface area contributed by atoms with Crippen LogP contribution >= 0.6 is 0 Å². The summed E-state index contributed by atoms with van der Waals surface area (Å²) in [4.78, 5) is 14.2. The summed E-state index contributed by atoms with van der Waals surface area (Å²) >= 11 is 0. The van der Waals surface area contributed by atoms with Crippen molar-refractivity contribution in [2.75, 3.05) is 32.1 Å². The third-order valence-electron chi connectivity index (χ3n) is 3.42. The standard InChI is InChI=1S/C17H28N2O2/c1-4-6-12-19(13-7-5-2)17(20)14-21-16-10-8-15(18-3)9-11-16/h8-11,18H,4-7,12-14H2,1-3H3. The molecule has 0 fully saturated rings. The van der Waals surface area contributed by atoms with Crippen LogP contribution in [0.15, 0.2) is 24.3 Å². The van der Waals surface area contributed by atoms with Crippen LogP contribution in [-0.4, -0.2) is 37.6 Å². The first-order valence-corrected chi connectivity index (χ1v) is 7.89. The zero-order valence-electron chi connectivity index (χ0n) is 13.5. The highest BCUT2D eigenvalue weighted by Gasteiger charge is 2.13. The molecule has 1 aromatic carbocycles. The van der Waals surface area contributed by atoms with Crippen molar-refractivity contribution in [1.29, 1.82) is 0 Å². The number of carbonyl (C=O) groups excluding carboxylic acids is 1. The SMILES string of the molecule is CCCCN(CCCC)C(=O)COc1ccc(NC)cc1. The summed E-state index contributed by atoms with van der Waals surface area (Å²) < 4.78 is 5.59. The van der Waals surface area contributed by atoms with E-state index in [1.54, 1.807) is 0 Å². The van der Waals surface area contributed by atoms with E-state index in [0.29, 0.717) is 0 Å². The van der Waals surface area contributed by atoms with E-state index >= 15 is 0 Å². The number of unbranched alkanes of at least 4 members (excludes halogenated alkanes) is 2. The minimum absolute atomic E-state index is 0.0783. The predicted molar refractivity (Wildman–Crippen MR) is 87.9 cm³/mol. The molecule has 0 saturated carbocycles. The third kappa shape index (κ3) is 6.52. The lowest BCUT2D eigenvalue weighted by Gasteiger charge is -2.22. The summed E-state index contributed by atoms with van der Waals surface area (Å²) in [6.07, 6.45) is 4.29. The zero-order valence-corrected chi connectivity index (χ0v) is 13.5. The summed E-state index contributed by atoms with van der Waals surface area (Å²) in [6.45, 7) is 6.06. The number of carbonyl (C=O) groups is 1. The van der Waals surface area contributed by atoms with E-state index in [1.165, 1.54) is 0 Å². The van der Waals surface area contributed by atoms with Gasteiger partial charge in [-0.3, -0.25) is 4.79 Å². The van der Waals surface area contributed by atoms with Crippen molar-refractivity contribution in [1.82, 2.24) is 4.90 Å². The van der Waals surface area contributed by atoms with Crippen molar-refractivity contribution in [3.05, 3.63) is 24.3 Å². The van der Waals surface area contributed by atoms with Gasteiger partial charge in [-0.15, -0.1) is 0 Å². The van der Waals surface area contributed by atoms with Crippen LogP contribution in [-0.2, 0) is 4.79 Å². The van der Waals surface area contributed by atoms with E-state index in [-0.39, 0.29) is 12.5 Å². The Morgan fingerprint density at radius 2 is 1.67 bits per heavy atom. The number of hydrogen-bond donors (Lipinski definition) is 1. The molecular formula is C17H28N2O2. The van der Waals surface area contributed by atoms with Gasteiger partial charge in [0, 0.05) is 25.8 Å². The van der Waals surface area contributed by atoms with Crippen LogP contribution < -0.4 is 10.1 Å². The normalized spacial score (nSPS) is 10.2. The maximum Gasteiger partial charge on any atom is 0.260 e. The Bertz CT molecular complexity index is 396. The first-order chi connectivity index (χ1) is 10.2. The van der Waals surface area contributed by atoms with Crippen molar-refractivity contribution in [3.8, 4) is 5.75 Å². The summed E-state index contributed by atoms with van der Waals surface area (Å²) in [5.74, 6) is 0.808. The number of nitrogens with one attached hydrogen (secondary N) is 1. The van der Waals surface area contributed by atoms with Crippen LogP contribution in [0.4, 0.5) is 5.69 Å². The summed E-state index contributed by atoms with van der Waals surface area (Å²) in [7, 11) is 1.87. The monoisotopic (exact) mass is 292 g/mol. The Labute approximate surface area is 128 Å². The first-order valence-electron chi connectivity index (χ1n) is 7.89. The lowest BCUT2D eigenvalue weighted by atomic mass is 10.2. The molecule has 0 aromatic heterocycles. The van der Waals surface area contributed by atoms with Crippen LogP contribution in [0, 0.1) is 0 Å². The van der Waals surface area contributed by atoms with Gasteiger partial charge >= 0.3 is 0 Å². The van der Waals surface area contributed by atoms with E-state index in [1.807, 2.05) is 36.2 Å². The molecule has 0 aliphatic heterocycles. The highest BCUT2D eigenvalue weighted by molar-refractivity contribution is 5.77. The molecule has 0 atom stereocenters. The second-order valence-corrected chi connectivity index (χ2v) is 5.15. The topological polar surface area (TPSA) is 41.6 Å². The third-order valence-corrected chi connectivity index (χ3v) is 3.42. The van der Waals surface area contributed by atoms with E-state index in [9.17, 15) is 4.79 Å². The minimum atomic E-state index is 0.0783. The molecule has 4 nitrogen and oxygen atoms in total. The maximum atomic E-state index is 12.2. The fourth-order valence-electron chi connectivity index (χ4n) is 2.01. The van der Waals surface area contributed by atoms with Crippen molar-refractivity contribution < 1.29 is 9.53 Å². The molecular weight excluding hydrogens is 264 g/mol. The molecule has 1 amide bonds. The van der Waals surface area contributed by atoms with Crippen LogP contribution in [0.3, 0.4) is 0 Å². The average molecular weight is 292 g/mol. The number of rotatable bonds is 10. The molecule has 4 heteroatoms. The summed E-state index contributed by atoms with van der Waals surface area (Å²) in [5, 5.41) is 3.05. The van der Waals surface area contributed by atoms with Crippen molar-refractivity contribution in [3.63, 3.8) is 0 Å². The molecule has 118 valence electrons. The van der Waals surface area contributed by atoms with Gasteiger partial charge in [-0.2, -0.15) is 0 Å². The van der Waals surface area contributed by atoms with Crippen molar-refractivity contribution in [2.24, 2.45) is 0 Å². The number of nitrogens with zero attached hydrogens (tertiary/aromatic N) is 1. The summed E-state index contributed by atoms with van der Waals surface area (Å²) in [5.41, 5.74) is 1.03. The molecule has 0 saturated heterocycles. The minimum Gasteiger partial charge on any atom is -0.484 e. The van der Waals surface area contributed by atoms with Crippen LogP contribution in [0.5, 0.6) is 5.75 Å². The Kier molecular flexibility index (Phi) is 8.32. The molecule has 1 N–H and O–H groups in total. The average Bonchev–Trinajstić information content (AvgIpc) is 2.53. The highest BCUT2D eigenvalue weighted by Crippen LogP contribution is 2.15. The number of ether oxygens (including phenoxy) is 1.